The van der Waals surface area contributed by atoms with E-state index in [-0.39, 0.29) is 38.5 Å². The number of amides is 10. The number of aromatic amines is 2. The predicted molar refractivity (Wildman–Crippen MR) is 280 cm³/mol. The summed E-state index contributed by atoms with van der Waals surface area (Å²) in [7, 11) is 0. The third-order valence-corrected chi connectivity index (χ3v) is 12.5. The molecule has 4 rings (SSSR count). The Labute approximate surface area is 438 Å². The number of carbonyl (C=O) groups is 10. The van der Waals surface area contributed by atoms with Gasteiger partial charge in [-0.25, -0.2) is 4.98 Å². The highest BCUT2D eigenvalue weighted by Gasteiger charge is 2.34. The van der Waals surface area contributed by atoms with Crippen LogP contribution in [0.2, 0.25) is 0 Å². The van der Waals surface area contributed by atoms with Crippen LogP contribution in [0.5, 0.6) is 0 Å². The molecular formula is C50H70N14O10S. The number of H-pyrrole nitrogens is 2. The van der Waals surface area contributed by atoms with E-state index in [9.17, 15) is 47.9 Å². The Morgan fingerprint density at radius 1 is 0.653 bits per heavy atom. The monoisotopic (exact) mass is 1060 g/mol. The van der Waals surface area contributed by atoms with Crippen LogP contribution >= 0.6 is 11.8 Å². The molecule has 0 unspecified atom stereocenters. The van der Waals surface area contributed by atoms with Crippen molar-refractivity contribution in [1.29, 1.82) is 0 Å². The molecule has 0 aliphatic rings. The third kappa shape index (κ3) is 19.2. The molecule has 0 fully saturated rings. The van der Waals surface area contributed by atoms with Crippen molar-refractivity contribution in [2.45, 2.75) is 121 Å². The molecule has 2 aromatic carbocycles. The number of aromatic nitrogens is 3. The van der Waals surface area contributed by atoms with E-state index in [0.29, 0.717) is 22.6 Å². The van der Waals surface area contributed by atoms with E-state index in [1.54, 1.807) is 56.4 Å². The molecule has 0 bridgehead atoms. The molecule has 0 saturated carbocycles. The van der Waals surface area contributed by atoms with Gasteiger partial charge in [-0.3, -0.25) is 47.9 Å². The van der Waals surface area contributed by atoms with Gasteiger partial charge < -0.3 is 69.7 Å². The molecule has 0 radical (unpaired) electrons. The third-order valence-electron chi connectivity index (χ3n) is 11.9. The van der Waals surface area contributed by atoms with Gasteiger partial charge in [0.2, 0.25) is 59.1 Å². The van der Waals surface area contributed by atoms with Gasteiger partial charge in [0.1, 0.15) is 42.3 Å². The number of benzene rings is 2. The zero-order chi connectivity index (χ0) is 55.4. The van der Waals surface area contributed by atoms with Crippen molar-refractivity contribution in [2.75, 3.05) is 18.6 Å². The quantitative estimate of drug-likeness (QED) is 0.0279. The molecule has 7 atom stereocenters. The number of nitrogens with zero attached hydrogens (tertiary/aromatic N) is 1. The molecule has 25 heteroatoms. The van der Waals surface area contributed by atoms with E-state index in [4.69, 9.17) is 17.2 Å². The molecule has 0 spiro atoms. The summed E-state index contributed by atoms with van der Waals surface area (Å²) < 4.78 is 0. The average Bonchev–Trinajstić information content (AvgIpc) is 4.03. The number of hydrogen-bond acceptors (Lipinski definition) is 13. The van der Waals surface area contributed by atoms with E-state index < -0.39 is 119 Å². The summed E-state index contributed by atoms with van der Waals surface area (Å²) in [6, 6.07) is 7.34. The van der Waals surface area contributed by atoms with E-state index in [2.05, 4.69) is 57.5 Å². The van der Waals surface area contributed by atoms with Crippen LogP contribution in [0.15, 0.2) is 73.3 Å². The van der Waals surface area contributed by atoms with Gasteiger partial charge in [0, 0.05) is 54.7 Å². The molecule has 0 aliphatic carbocycles. The normalized spacial score (nSPS) is 14.1. The Bertz CT molecular complexity index is 2620. The van der Waals surface area contributed by atoms with Crippen LogP contribution in [0, 0.1) is 5.92 Å². The number of nitrogens with one attached hydrogen (secondary N) is 10. The van der Waals surface area contributed by atoms with Crippen LogP contribution < -0.4 is 59.7 Å². The molecule has 2 aromatic heterocycles. The maximum atomic E-state index is 14.1. The Morgan fingerprint density at radius 3 is 1.85 bits per heavy atom. The first-order valence-corrected chi connectivity index (χ1v) is 25.7. The summed E-state index contributed by atoms with van der Waals surface area (Å²) in [6.07, 6.45) is 5.93. The summed E-state index contributed by atoms with van der Waals surface area (Å²) in [4.78, 5) is 143. The van der Waals surface area contributed by atoms with E-state index >= 15 is 0 Å². The van der Waals surface area contributed by atoms with Crippen molar-refractivity contribution in [2.24, 2.45) is 23.1 Å². The molecule has 16 N–H and O–H groups in total. The first-order chi connectivity index (χ1) is 35.5. The molecule has 75 heavy (non-hydrogen) atoms. The van der Waals surface area contributed by atoms with Crippen molar-refractivity contribution < 1.29 is 47.9 Å². The van der Waals surface area contributed by atoms with E-state index in [0.717, 1.165) is 10.9 Å². The zero-order valence-electron chi connectivity index (χ0n) is 42.9. The minimum absolute atomic E-state index is 0.0231. The number of carbonyl (C=O) groups excluding carboxylic acids is 10. The Morgan fingerprint density at radius 2 is 1.25 bits per heavy atom. The second kappa shape index (κ2) is 28.6. The topological polar surface area (TPSA) is 389 Å². The van der Waals surface area contributed by atoms with Crippen LogP contribution in [0.25, 0.3) is 10.9 Å². The van der Waals surface area contributed by atoms with Crippen LogP contribution in [-0.4, -0.2) is 140 Å². The van der Waals surface area contributed by atoms with Gasteiger partial charge >= 0.3 is 0 Å². The second-order valence-electron chi connectivity index (χ2n) is 19.0. The molecule has 24 nitrogen and oxygen atoms in total. The van der Waals surface area contributed by atoms with Gasteiger partial charge in [-0.05, 0) is 68.7 Å². The highest BCUT2D eigenvalue weighted by Crippen LogP contribution is 2.20. The number of rotatable bonds is 30. The van der Waals surface area contributed by atoms with E-state index in [1.807, 2.05) is 24.5 Å². The molecular weight excluding hydrogens is 989 g/mol. The number of thioether (sulfide) groups is 1. The Hall–Kier alpha value is -7.80. The maximum absolute atomic E-state index is 14.1. The summed E-state index contributed by atoms with van der Waals surface area (Å²) in [5, 5.41) is 21.6. The van der Waals surface area contributed by atoms with Crippen molar-refractivity contribution in [1.82, 2.24) is 57.5 Å². The van der Waals surface area contributed by atoms with Gasteiger partial charge in [0.05, 0.1) is 18.4 Å². The predicted octanol–water partition coefficient (Wildman–Crippen LogP) is -1.65. The number of primary amides is 2. The molecule has 4 aromatic rings. The van der Waals surface area contributed by atoms with Crippen LogP contribution in [0.4, 0.5) is 0 Å². The van der Waals surface area contributed by atoms with Crippen LogP contribution in [0.3, 0.4) is 0 Å². The number of imidazole rings is 1. The fourth-order valence-electron chi connectivity index (χ4n) is 7.57. The lowest BCUT2D eigenvalue weighted by Gasteiger charge is -2.27. The largest absolute Gasteiger partial charge is 0.370 e. The van der Waals surface area contributed by atoms with Crippen molar-refractivity contribution in [3.8, 4) is 0 Å². The fraction of sp³-hybridized carbons (Fsp3) is 0.460. The minimum atomic E-state index is -1.41. The van der Waals surface area contributed by atoms with Crippen molar-refractivity contribution >= 4 is 81.7 Å². The average molecular weight is 1060 g/mol. The minimum Gasteiger partial charge on any atom is -0.370 e. The van der Waals surface area contributed by atoms with Gasteiger partial charge in [0.25, 0.3) is 0 Å². The number of hydrogen-bond donors (Lipinski definition) is 13. The summed E-state index contributed by atoms with van der Waals surface area (Å²) in [5.74, 6) is -7.67. The zero-order valence-corrected chi connectivity index (χ0v) is 43.7. The lowest BCUT2D eigenvalue weighted by molar-refractivity contribution is -0.135. The highest BCUT2D eigenvalue weighted by molar-refractivity contribution is 7.98. The van der Waals surface area contributed by atoms with Gasteiger partial charge in [0.15, 0.2) is 0 Å². The van der Waals surface area contributed by atoms with Crippen LogP contribution in [-0.2, 0) is 67.2 Å². The molecule has 0 saturated heterocycles. The molecule has 406 valence electrons. The van der Waals surface area contributed by atoms with Crippen molar-refractivity contribution in [3.63, 3.8) is 0 Å². The lowest BCUT2D eigenvalue weighted by Crippen LogP contribution is -2.60. The van der Waals surface area contributed by atoms with Gasteiger partial charge in [-0.2, -0.15) is 11.8 Å². The lowest BCUT2D eigenvalue weighted by atomic mass is 10.0. The van der Waals surface area contributed by atoms with Crippen molar-refractivity contribution in [3.05, 3.63) is 90.1 Å². The first-order valence-electron chi connectivity index (χ1n) is 24.3. The van der Waals surface area contributed by atoms with E-state index in [1.165, 1.54) is 45.1 Å². The SMILES string of the molecule is CSCC[C@H](NC(=O)[C@H](Cc1ccccc1)NC(=O)[C@H](Cc1cnc[nH]1)NC(=O)CNC(=O)[C@@H](NC(=O)[C@H](C)NC(=O)[C@H](Cc1c[nH]c2ccccc12)NC(=O)[C@H](CCC(N)=O)NC(=O)C(C)(C)N)C(C)C)C(N)=O. The standard InChI is InChI=1S/C50H70N14O10S/c1-27(2)41(64-43(68)28(3)58-45(70)37(21-30-23-55-33-15-11-10-14-32(30)33)62-44(69)35(16-17-39(51)65)63-49(74)50(4,5)53)48(73)56-25-40(66)59-38(22-31-24-54-26-57-31)47(72)61-36(20-29-12-8-7-9-13-29)46(71)60-34(42(52)67)18-19-75-6/h7-15,23-24,26-28,34-38,41,55H,16-22,25,53H2,1-6H3,(H2,51,65)(H2,52,67)(H,54,57)(H,56,73)(H,58,70)(H,59,66)(H,60,71)(H,61,72)(H,62,69)(H,63,74)(H,64,68)/t28-,34-,35-,36-,37-,38-,41-/m0/s1. The first kappa shape index (κ1) is 59.8. The molecule has 0 aliphatic heterocycles. The Balaban J connectivity index is 1.46. The maximum Gasteiger partial charge on any atom is 0.243 e. The number of nitrogens with two attached hydrogens (primary N) is 3. The fourth-order valence-corrected chi connectivity index (χ4v) is 8.04. The summed E-state index contributed by atoms with van der Waals surface area (Å²) >= 11 is 1.46. The van der Waals surface area contributed by atoms with Gasteiger partial charge in [-0.15, -0.1) is 0 Å². The second-order valence-corrected chi connectivity index (χ2v) is 19.9. The number of para-hydroxylation sites is 1. The summed E-state index contributed by atoms with van der Waals surface area (Å²) in [5.41, 5.74) is 18.0. The molecule has 2 heterocycles. The number of fused-ring (bicyclic) bond motifs is 1. The van der Waals surface area contributed by atoms with Crippen LogP contribution in [0.1, 0.15) is 70.7 Å². The molecule has 10 amide bonds. The van der Waals surface area contributed by atoms with Gasteiger partial charge in [-0.1, -0.05) is 62.4 Å². The highest BCUT2D eigenvalue weighted by atomic mass is 32.2. The Kier molecular flexibility index (Phi) is 22.8. The summed E-state index contributed by atoms with van der Waals surface area (Å²) in [6.45, 7) is 6.84. The smallest absolute Gasteiger partial charge is 0.243 e.